The van der Waals surface area contributed by atoms with Crippen LogP contribution in [0.15, 0.2) is 24.3 Å². The van der Waals surface area contributed by atoms with Gasteiger partial charge in [-0.1, -0.05) is 43.5 Å². The van der Waals surface area contributed by atoms with E-state index < -0.39 is 0 Å². The quantitative estimate of drug-likeness (QED) is 0.785. The van der Waals surface area contributed by atoms with Crippen LogP contribution in [-0.2, 0) is 0 Å². The van der Waals surface area contributed by atoms with E-state index in [2.05, 4.69) is 6.92 Å². The number of nitrogens with two attached hydrogens (primary N) is 1. The second kappa shape index (κ2) is 5.25. The van der Waals surface area contributed by atoms with Crippen LogP contribution in [0.4, 0.5) is 0 Å². The first-order valence-electron chi connectivity index (χ1n) is 4.75. The molecule has 0 aliphatic carbocycles. The fourth-order valence-electron chi connectivity index (χ4n) is 1.33. The third-order valence-corrected chi connectivity index (χ3v) is 2.38. The third kappa shape index (κ3) is 3.37. The van der Waals surface area contributed by atoms with Crippen molar-refractivity contribution in [1.82, 2.24) is 0 Å². The molecule has 0 aromatic heterocycles. The van der Waals surface area contributed by atoms with Gasteiger partial charge >= 0.3 is 0 Å². The van der Waals surface area contributed by atoms with Gasteiger partial charge in [0.15, 0.2) is 0 Å². The molecule has 0 bridgehead atoms. The van der Waals surface area contributed by atoms with Gasteiger partial charge in [0.2, 0.25) is 0 Å². The second-order valence-electron chi connectivity index (χ2n) is 3.30. The average molecular weight is 198 g/mol. The third-order valence-electron chi connectivity index (χ3n) is 2.15. The van der Waals surface area contributed by atoms with Crippen molar-refractivity contribution in [2.75, 3.05) is 0 Å². The summed E-state index contributed by atoms with van der Waals surface area (Å²) in [5.74, 6) is 0. The van der Waals surface area contributed by atoms with Crippen LogP contribution < -0.4 is 5.73 Å². The molecule has 72 valence electrons. The maximum atomic E-state index is 5.99. The zero-order valence-electron chi connectivity index (χ0n) is 7.96. The van der Waals surface area contributed by atoms with Gasteiger partial charge in [0.1, 0.15) is 0 Å². The lowest BCUT2D eigenvalue weighted by atomic mass is 10.0. The molecule has 0 radical (unpaired) electrons. The Morgan fingerprint density at radius 1 is 1.46 bits per heavy atom. The summed E-state index contributed by atoms with van der Waals surface area (Å²) < 4.78 is 0. The first-order valence-corrected chi connectivity index (χ1v) is 5.13. The number of halogens is 1. The van der Waals surface area contributed by atoms with Crippen LogP contribution in [0.3, 0.4) is 0 Å². The molecule has 0 fully saturated rings. The minimum absolute atomic E-state index is 0.138. The van der Waals surface area contributed by atoms with Gasteiger partial charge in [0, 0.05) is 11.1 Å². The van der Waals surface area contributed by atoms with Crippen molar-refractivity contribution in [3.05, 3.63) is 34.9 Å². The van der Waals surface area contributed by atoms with Crippen molar-refractivity contribution < 1.29 is 0 Å². The molecule has 0 amide bonds. The number of unbranched alkanes of at least 4 members (excludes halogenated alkanes) is 1. The summed E-state index contributed by atoms with van der Waals surface area (Å²) in [6.07, 6.45) is 3.40. The highest BCUT2D eigenvalue weighted by Crippen LogP contribution is 2.19. The van der Waals surface area contributed by atoms with E-state index in [1.54, 1.807) is 0 Å². The molecule has 1 unspecified atom stereocenters. The van der Waals surface area contributed by atoms with E-state index in [1.807, 2.05) is 24.3 Å². The summed E-state index contributed by atoms with van der Waals surface area (Å²) in [4.78, 5) is 0. The fraction of sp³-hybridized carbons (Fsp3) is 0.455. The summed E-state index contributed by atoms with van der Waals surface area (Å²) in [5, 5.41) is 0.768. The zero-order valence-corrected chi connectivity index (χ0v) is 8.72. The van der Waals surface area contributed by atoms with Crippen LogP contribution in [0.25, 0.3) is 0 Å². The summed E-state index contributed by atoms with van der Waals surface area (Å²) in [5.41, 5.74) is 7.13. The first-order chi connectivity index (χ1) is 6.24. The molecule has 2 heteroatoms. The highest BCUT2D eigenvalue weighted by molar-refractivity contribution is 6.30. The van der Waals surface area contributed by atoms with Gasteiger partial charge in [-0.3, -0.25) is 0 Å². The summed E-state index contributed by atoms with van der Waals surface area (Å²) in [6.45, 7) is 2.17. The van der Waals surface area contributed by atoms with Crippen molar-refractivity contribution in [2.24, 2.45) is 5.73 Å². The average Bonchev–Trinajstić information content (AvgIpc) is 2.14. The van der Waals surface area contributed by atoms with Crippen molar-refractivity contribution in [2.45, 2.75) is 32.2 Å². The maximum absolute atomic E-state index is 5.99. The Balaban J connectivity index is 2.60. The number of rotatable bonds is 4. The molecular weight excluding hydrogens is 182 g/mol. The van der Waals surface area contributed by atoms with Crippen LogP contribution >= 0.6 is 11.6 Å². The van der Waals surface area contributed by atoms with Gasteiger partial charge < -0.3 is 5.73 Å². The standard InChI is InChI=1S/C11H16ClN/c1-2-3-7-11(13)9-5-4-6-10(12)8-9/h4-6,8,11H,2-3,7,13H2,1H3. The van der Waals surface area contributed by atoms with Crippen LogP contribution in [-0.4, -0.2) is 0 Å². The van der Waals surface area contributed by atoms with Crippen molar-refractivity contribution in [3.63, 3.8) is 0 Å². The Labute approximate surface area is 84.9 Å². The predicted molar refractivity (Wildman–Crippen MR) is 57.9 cm³/mol. The normalized spacial score (nSPS) is 12.8. The smallest absolute Gasteiger partial charge is 0.0409 e. The second-order valence-corrected chi connectivity index (χ2v) is 3.74. The topological polar surface area (TPSA) is 26.0 Å². The van der Waals surface area contributed by atoms with E-state index >= 15 is 0 Å². The van der Waals surface area contributed by atoms with Crippen molar-refractivity contribution in [3.8, 4) is 0 Å². The summed E-state index contributed by atoms with van der Waals surface area (Å²) >= 11 is 5.87. The zero-order chi connectivity index (χ0) is 9.68. The van der Waals surface area contributed by atoms with E-state index in [0.29, 0.717) is 0 Å². The minimum Gasteiger partial charge on any atom is -0.324 e. The lowest BCUT2D eigenvalue weighted by Crippen LogP contribution is -2.09. The highest BCUT2D eigenvalue weighted by Gasteiger charge is 2.04. The monoisotopic (exact) mass is 197 g/mol. The van der Waals surface area contributed by atoms with Crippen LogP contribution in [0.1, 0.15) is 37.8 Å². The van der Waals surface area contributed by atoms with Gasteiger partial charge in [-0.15, -0.1) is 0 Å². The lowest BCUT2D eigenvalue weighted by Gasteiger charge is -2.11. The Bertz CT molecular complexity index is 260. The fourth-order valence-corrected chi connectivity index (χ4v) is 1.53. The highest BCUT2D eigenvalue weighted by atomic mass is 35.5. The number of benzene rings is 1. The molecule has 1 rings (SSSR count). The molecule has 0 heterocycles. The number of hydrogen-bond acceptors (Lipinski definition) is 1. The molecule has 13 heavy (non-hydrogen) atoms. The largest absolute Gasteiger partial charge is 0.324 e. The summed E-state index contributed by atoms with van der Waals surface area (Å²) in [6, 6.07) is 7.94. The van der Waals surface area contributed by atoms with E-state index in [1.165, 1.54) is 12.8 Å². The van der Waals surface area contributed by atoms with Gasteiger partial charge in [0.05, 0.1) is 0 Å². The Hall–Kier alpha value is -0.530. The van der Waals surface area contributed by atoms with Gasteiger partial charge in [-0.2, -0.15) is 0 Å². The van der Waals surface area contributed by atoms with Gasteiger partial charge in [0.25, 0.3) is 0 Å². The SMILES string of the molecule is CCCCC(N)c1cccc(Cl)c1. The first kappa shape index (κ1) is 10.6. The molecule has 1 aromatic rings. The van der Waals surface area contributed by atoms with Crippen LogP contribution in [0.2, 0.25) is 5.02 Å². The van der Waals surface area contributed by atoms with Crippen LogP contribution in [0.5, 0.6) is 0 Å². The molecule has 1 atom stereocenters. The molecule has 2 N–H and O–H groups in total. The molecule has 0 aliphatic heterocycles. The maximum Gasteiger partial charge on any atom is 0.0409 e. The summed E-state index contributed by atoms with van der Waals surface area (Å²) in [7, 11) is 0. The molecule has 0 saturated heterocycles. The van der Waals surface area contributed by atoms with E-state index in [9.17, 15) is 0 Å². The molecule has 0 saturated carbocycles. The van der Waals surface area contributed by atoms with Crippen LogP contribution in [0, 0.1) is 0 Å². The van der Waals surface area contributed by atoms with E-state index in [4.69, 9.17) is 17.3 Å². The number of hydrogen-bond donors (Lipinski definition) is 1. The molecule has 0 spiro atoms. The Morgan fingerprint density at radius 3 is 2.85 bits per heavy atom. The molecular formula is C11H16ClN. The van der Waals surface area contributed by atoms with Crippen molar-refractivity contribution >= 4 is 11.6 Å². The van der Waals surface area contributed by atoms with Gasteiger partial charge in [-0.05, 0) is 24.1 Å². The molecule has 0 aliphatic rings. The Kier molecular flexibility index (Phi) is 4.26. The molecule has 1 aromatic carbocycles. The van der Waals surface area contributed by atoms with Gasteiger partial charge in [-0.25, -0.2) is 0 Å². The van der Waals surface area contributed by atoms with Crippen molar-refractivity contribution in [1.29, 1.82) is 0 Å². The minimum atomic E-state index is 0.138. The van der Waals surface area contributed by atoms with E-state index in [0.717, 1.165) is 17.0 Å². The lowest BCUT2D eigenvalue weighted by molar-refractivity contribution is 0.603. The Morgan fingerprint density at radius 2 is 2.23 bits per heavy atom. The molecule has 1 nitrogen and oxygen atoms in total. The van der Waals surface area contributed by atoms with E-state index in [-0.39, 0.29) is 6.04 Å². The predicted octanol–water partition coefficient (Wildman–Crippen LogP) is 3.53.